The number of carbonyl (C=O) groups is 1. The van der Waals surface area contributed by atoms with Gasteiger partial charge in [-0.25, -0.2) is 4.79 Å². The zero-order valence-electron chi connectivity index (χ0n) is 16.7. The minimum Gasteiger partial charge on any atom is -0.444 e. The number of nitrogens with one attached hydrogen (secondary N) is 3. The first kappa shape index (κ1) is 25.2. The number of rotatable bonds is 11. The van der Waals surface area contributed by atoms with Gasteiger partial charge in [0, 0.05) is 39.4 Å². The predicted molar refractivity (Wildman–Crippen MR) is 116 cm³/mol. The molecule has 0 radical (unpaired) electrons. The Balaban J connectivity index is 0.00000625. The Morgan fingerprint density at radius 3 is 2.42 bits per heavy atom. The van der Waals surface area contributed by atoms with E-state index in [1.165, 1.54) is 12.8 Å². The smallest absolute Gasteiger partial charge is 0.407 e. The maximum atomic E-state index is 11.5. The molecule has 0 spiro atoms. The number of hydrogen-bond donors (Lipinski definition) is 3. The summed E-state index contributed by atoms with van der Waals surface area (Å²) >= 11 is 0. The first-order valence-electron chi connectivity index (χ1n) is 9.47. The topological polar surface area (TPSA) is 84.0 Å². The molecular weight excluding hydrogens is 447 g/mol. The van der Waals surface area contributed by atoms with Gasteiger partial charge >= 0.3 is 6.09 Å². The Kier molecular flexibility index (Phi) is 13.9. The molecule has 0 atom stereocenters. The van der Waals surface area contributed by atoms with Gasteiger partial charge in [-0.3, -0.25) is 4.99 Å². The molecule has 26 heavy (non-hydrogen) atoms. The number of alkyl carbamates (subject to hydrolysis) is 1. The minimum atomic E-state index is -0.466. The van der Waals surface area contributed by atoms with E-state index in [9.17, 15) is 4.79 Å². The number of ether oxygens (including phenoxy) is 2. The molecule has 0 heterocycles. The van der Waals surface area contributed by atoms with Crippen molar-refractivity contribution in [3.63, 3.8) is 0 Å². The molecule has 1 fully saturated rings. The van der Waals surface area contributed by atoms with Gasteiger partial charge in [0.25, 0.3) is 0 Å². The van der Waals surface area contributed by atoms with Crippen molar-refractivity contribution >= 4 is 36.0 Å². The van der Waals surface area contributed by atoms with Gasteiger partial charge in [0.1, 0.15) is 5.60 Å². The molecule has 8 heteroatoms. The van der Waals surface area contributed by atoms with Gasteiger partial charge < -0.3 is 25.4 Å². The summed E-state index contributed by atoms with van der Waals surface area (Å²) in [5, 5.41) is 9.26. The van der Waals surface area contributed by atoms with Gasteiger partial charge in [-0.1, -0.05) is 0 Å². The normalized spacial score (nSPS) is 14.4. The molecule has 1 saturated carbocycles. The van der Waals surface area contributed by atoms with Crippen molar-refractivity contribution in [1.82, 2.24) is 16.0 Å². The lowest BCUT2D eigenvalue weighted by Gasteiger charge is -2.19. The van der Waals surface area contributed by atoms with Crippen LogP contribution in [0.4, 0.5) is 4.79 Å². The molecule has 0 bridgehead atoms. The maximum Gasteiger partial charge on any atom is 0.407 e. The first-order chi connectivity index (χ1) is 11.9. The van der Waals surface area contributed by atoms with Crippen molar-refractivity contribution in [2.45, 2.75) is 59.0 Å². The van der Waals surface area contributed by atoms with Gasteiger partial charge in [-0.05, 0) is 59.3 Å². The lowest BCUT2D eigenvalue weighted by molar-refractivity contribution is 0.0527. The molecule has 0 saturated heterocycles. The quantitative estimate of drug-likeness (QED) is 0.182. The Morgan fingerprint density at radius 2 is 1.81 bits per heavy atom. The molecule has 3 N–H and O–H groups in total. The fourth-order valence-electron chi connectivity index (χ4n) is 2.03. The second kappa shape index (κ2) is 14.3. The largest absolute Gasteiger partial charge is 0.444 e. The molecule has 0 unspecified atom stereocenters. The molecule has 1 aliphatic carbocycles. The molecule has 0 aromatic carbocycles. The summed E-state index contributed by atoms with van der Waals surface area (Å²) in [7, 11) is 0. The average molecular weight is 484 g/mol. The predicted octanol–water partition coefficient (Wildman–Crippen LogP) is 2.89. The molecule has 1 rings (SSSR count). The van der Waals surface area contributed by atoms with Crippen LogP contribution in [0, 0.1) is 5.92 Å². The van der Waals surface area contributed by atoms with E-state index in [0.717, 1.165) is 51.0 Å². The number of halogens is 1. The number of carbonyl (C=O) groups excluding carboxylic acids is 1. The lowest BCUT2D eigenvalue weighted by Crippen LogP contribution is -2.38. The number of nitrogens with zero attached hydrogens (tertiary/aromatic N) is 1. The van der Waals surface area contributed by atoms with Gasteiger partial charge in [-0.2, -0.15) is 0 Å². The lowest BCUT2D eigenvalue weighted by atomic mass is 10.2. The fourth-order valence-corrected chi connectivity index (χ4v) is 2.03. The second-order valence-electron chi connectivity index (χ2n) is 7.34. The van der Waals surface area contributed by atoms with Gasteiger partial charge in [-0.15, -0.1) is 24.0 Å². The maximum absolute atomic E-state index is 11.5. The molecule has 0 aromatic rings. The van der Waals surface area contributed by atoms with Crippen LogP contribution in [0.25, 0.3) is 0 Å². The van der Waals surface area contributed by atoms with Crippen LogP contribution in [0.3, 0.4) is 0 Å². The van der Waals surface area contributed by atoms with Crippen molar-refractivity contribution in [1.29, 1.82) is 0 Å². The number of hydrogen-bond acceptors (Lipinski definition) is 4. The highest BCUT2D eigenvalue weighted by Gasteiger charge is 2.20. The van der Waals surface area contributed by atoms with Crippen molar-refractivity contribution in [2.75, 3.05) is 39.4 Å². The second-order valence-corrected chi connectivity index (χ2v) is 7.34. The van der Waals surface area contributed by atoms with Crippen LogP contribution >= 0.6 is 24.0 Å². The Bertz CT molecular complexity index is 410. The average Bonchev–Trinajstić information content (AvgIpc) is 3.32. The molecule has 7 nitrogen and oxygen atoms in total. The molecule has 1 amide bonds. The minimum absolute atomic E-state index is 0. The first-order valence-corrected chi connectivity index (χ1v) is 9.47. The van der Waals surface area contributed by atoms with E-state index in [0.29, 0.717) is 13.1 Å². The van der Waals surface area contributed by atoms with E-state index in [1.54, 1.807) is 0 Å². The van der Waals surface area contributed by atoms with E-state index < -0.39 is 5.60 Å². The van der Waals surface area contributed by atoms with Crippen LogP contribution in [-0.2, 0) is 9.47 Å². The van der Waals surface area contributed by atoms with Crippen molar-refractivity contribution in [2.24, 2.45) is 10.9 Å². The highest BCUT2D eigenvalue weighted by molar-refractivity contribution is 14.0. The van der Waals surface area contributed by atoms with Crippen LogP contribution in [0.15, 0.2) is 4.99 Å². The number of aliphatic imine (C=N–C) groups is 1. The van der Waals surface area contributed by atoms with Crippen LogP contribution in [0.5, 0.6) is 0 Å². The van der Waals surface area contributed by atoms with Gasteiger partial charge in [0.2, 0.25) is 0 Å². The Morgan fingerprint density at radius 1 is 1.12 bits per heavy atom. The summed E-state index contributed by atoms with van der Waals surface area (Å²) in [6, 6.07) is 0. The molecular formula is C18H37IN4O3. The van der Waals surface area contributed by atoms with Crippen LogP contribution in [0.1, 0.15) is 53.4 Å². The summed E-state index contributed by atoms with van der Waals surface area (Å²) in [6.07, 6.45) is 4.02. The van der Waals surface area contributed by atoms with E-state index in [-0.39, 0.29) is 30.1 Å². The number of guanidine groups is 1. The summed E-state index contributed by atoms with van der Waals surface area (Å²) in [5.74, 6) is 1.63. The zero-order chi connectivity index (χ0) is 18.5. The SMILES string of the molecule is CCNC(=NCCCNC(=O)OC(C)(C)C)NCCCOCC1CC1.I. The molecule has 0 aliphatic heterocycles. The van der Waals surface area contributed by atoms with Crippen LogP contribution < -0.4 is 16.0 Å². The highest BCUT2D eigenvalue weighted by atomic mass is 127. The summed E-state index contributed by atoms with van der Waals surface area (Å²) in [5.41, 5.74) is -0.466. The van der Waals surface area contributed by atoms with E-state index in [4.69, 9.17) is 9.47 Å². The summed E-state index contributed by atoms with van der Waals surface area (Å²) in [6.45, 7) is 12.1. The van der Waals surface area contributed by atoms with Crippen molar-refractivity contribution in [3.05, 3.63) is 0 Å². The third-order valence-corrected chi connectivity index (χ3v) is 3.43. The van der Waals surface area contributed by atoms with E-state index in [2.05, 4.69) is 20.9 Å². The molecule has 0 aromatic heterocycles. The Hall–Kier alpha value is -0.770. The van der Waals surface area contributed by atoms with Gasteiger partial charge in [0.05, 0.1) is 0 Å². The summed E-state index contributed by atoms with van der Waals surface area (Å²) < 4.78 is 10.8. The van der Waals surface area contributed by atoms with Gasteiger partial charge in [0.15, 0.2) is 5.96 Å². The number of amides is 1. The Labute approximate surface area is 175 Å². The molecule has 154 valence electrons. The fraction of sp³-hybridized carbons (Fsp3) is 0.889. The standard InChI is InChI=1S/C18H36N4O3.HI/c1-5-19-16(21-12-7-13-24-14-15-8-9-15)20-10-6-11-22-17(23)25-18(2,3)4;/h15H,5-14H2,1-4H3,(H,22,23)(H2,19,20,21);1H. The highest BCUT2D eigenvalue weighted by Crippen LogP contribution is 2.28. The van der Waals surface area contributed by atoms with Crippen LogP contribution in [-0.4, -0.2) is 57.0 Å². The van der Waals surface area contributed by atoms with E-state index >= 15 is 0 Å². The monoisotopic (exact) mass is 484 g/mol. The molecule has 1 aliphatic rings. The third-order valence-electron chi connectivity index (χ3n) is 3.43. The third kappa shape index (κ3) is 15.5. The van der Waals surface area contributed by atoms with E-state index in [1.807, 2.05) is 27.7 Å². The zero-order valence-corrected chi connectivity index (χ0v) is 19.1. The van der Waals surface area contributed by atoms with Crippen LogP contribution in [0.2, 0.25) is 0 Å². The van der Waals surface area contributed by atoms with Crippen molar-refractivity contribution in [3.8, 4) is 0 Å². The summed E-state index contributed by atoms with van der Waals surface area (Å²) in [4.78, 5) is 16.0. The van der Waals surface area contributed by atoms with Crippen molar-refractivity contribution < 1.29 is 14.3 Å².